The molecule has 0 aromatic carbocycles. The molecule has 0 bridgehead atoms. The molecule has 1 amide bonds. The Balaban J connectivity index is 3.27. The van der Waals surface area contributed by atoms with Crippen molar-refractivity contribution in [3.8, 4) is 0 Å². The number of aliphatic hydroxyl groups is 2. The highest BCUT2D eigenvalue weighted by Crippen LogP contribution is 2.19. The van der Waals surface area contributed by atoms with E-state index in [1.165, 1.54) is 302 Å². The van der Waals surface area contributed by atoms with E-state index in [2.05, 4.69) is 31.3 Å². The van der Waals surface area contributed by atoms with E-state index < -0.39 is 12.1 Å². The van der Waals surface area contributed by atoms with Crippen LogP contribution in [0.5, 0.6) is 0 Å². The molecule has 0 aliphatic rings. The second kappa shape index (κ2) is 63.1. The standard InChI is InChI=1S/C67H131NO5/c1-3-5-7-9-11-13-40-45-49-53-57-61-67(72)73-62-58-54-50-46-42-39-37-35-33-31-29-27-25-23-21-19-17-15-16-18-20-22-24-26-28-30-32-34-36-38-41-44-48-52-56-60-66(71)68-64(63-69)65(70)59-55-51-47-43-14-12-10-8-6-4-2/h9,11,64-65,69-70H,3-8,10,12-63H2,1-2H3,(H,68,71)/b11-9-. The van der Waals surface area contributed by atoms with E-state index >= 15 is 0 Å². The Bertz CT molecular complexity index is 1100. The number of hydrogen-bond acceptors (Lipinski definition) is 5. The van der Waals surface area contributed by atoms with Crippen molar-refractivity contribution in [1.29, 1.82) is 0 Å². The number of ether oxygens (including phenoxy) is 1. The van der Waals surface area contributed by atoms with Crippen LogP contribution in [-0.4, -0.2) is 47.4 Å². The van der Waals surface area contributed by atoms with Gasteiger partial charge in [-0.15, -0.1) is 0 Å². The molecule has 0 fully saturated rings. The van der Waals surface area contributed by atoms with Gasteiger partial charge in [-0.1, -0.05) is 334 Å². The van der Waals surface area contributed by atoms with Crippen molar-refractivity contribution in [2.24, 2.45) is 0 Å². The zero-order valence-corrected chi connectivity index (χ0v) is 49.6. The smallest absolute Gasteiger partial charge is 0.305 e. The summed E-state index contributed by atoms with van der Waals surface area (Å²) in [5.74, 6) is -0.0175. The third kappa shape index (κ3) is 59.7. The zero-order chi connectivity index (χ0) is 52.9. The van der Waals surface area contributed by atoms with Crippen molar-refractivity contribution in [2.75, 3.05) is 13.2 Å². The maximum Gasteiger partial charge on any atom is 0.305 e. The molecule has 73 heavy (non-hydrogen) atoms. The van der Waals surface area contributed by atoms with Crippen LogP contribution in [0, 0.1) is 0 Å². The maximum atomic E-state index is 12.4. The average Bonchev–Trinajstić information content (AvgIpc) is 3.39. The van der Waals surface area contributed by atoms with Crippen LogP contribution in [0.25, 0.3) is 0 Å². The lowest BCUT2D eigenvalue weighted by molar-refractivity contribution is -0.143. The van der Waals surface area contributed by atoms with Gasteiger partial charge in [0.2, 0.25) is 5.91 Å². The van der Waals surface area contributed by atoms with Gasteiger partial charge in [0.15, 0.2) is 0 Å². The largest absolute Gasteiger partial charge is 0.466 e. The van der Waals surface area contributed by atoms with Gasteiger partial charge in [-0.25, -0.2) is 0 Å². The highest BCUT2D eigenvalue weighted by atomic mass is 16.5. The van der Waals surface area contributed by atoms with Crippen molar-refractivity contribution in [3.05, 3.63) is 12.2 Å². The SMILES string of the molecule is CCCC/C=C\CCCCCCCC(=O)OCCCCCCCCCCCCCCCCCCCCCCCCCCCCCCCCCCCCCC(=O)NC(CO)C(O)CCCCCCCCCCCC. The van der Waals surface area contributed by atoms with Gasteiger partial charge in [-0.05, 0) is 44.9 Å². The van der Waals surface area contributed by atoms with Crippen LogP contribution in [0.15, 0.2) is 12.2 Å². The summed E-state index contributed by atoms with van der Waals surface area (Å²) in [4.78, 5) is 24.4. The van der Waals surface area contributed by atoms with Gasteiger partial charge in [0.1, 0.15) is 0 Å². The molecule has 0 aliphatic carbocycles. The minimum absolute atomic E-state index is 0.0119. The Hall–Kier alpha value is -1.40. The molecule has 3 N–H and O–H groups in total. The predicted molar refractivity (Wildman–Crippen MR) is 320 cm³/mol. The third-order valence-corrected chi connectivity index (χ3v) is 15.8. The molecule has 0 heterocycles. The highest BCUT2D eigenvalue weighted by Gasteiger charge is 2.20. The van der Waals surface area contributed by atoms with Crippen LogP contribution < -0.4 is 5.32 Å². The number of unbranched alkanes of at least 4 members (excludes halogenated alkanes) is 50. The number of carbonyl (C=O) groups is 2. The number of hydrogen-bond donors (Lipinski definition) is 3. The van der Waals surface area contributed by atoms with E-state index in [0.29, 0.717) is 25.9 Å². The van der Waals surface area contributed by atoms with E-state index in [9.17, 15) is 19.8 Å². The minimum atomic E-state index is -0.657. The molecular weight excluding hydrogens is 899 g/mol. The van der Waals surface area contributed by atoms with Gasteiger partial charge in [0, 0.05) is 12.8 Å². The molecule has 0 aromatic rings. The molecule has 0 spiro atoms. The van der Waals surface area contributed by atoms with Crippen LogP contribution in [0.4, 0.5) is 0 Å². The van der Waals surface area contributed by atoms with Crippen LogP contribution in [0.1, 0.15) is 380 Å². The predicted octanol–water partition coefficient (Wildman–Crippen LogP) is 21.2. The van der Waals surface area contributed by atoms with Crippen LogP contribution in [0.3, 0.4) is 0 Å². The van der Waals surface area contributed by atoms with Gasteiger partial charge < -0.3 is 20.3 Å². The number of carbonyl (C=O) groups excluding carboxylic acids is 2. The van der Waals surface area contributed by atoms with E-state index in [4.69, 9.17) is 4.74 Å². The number of rotatable bonds is 63. The van der Waals surface area contributed by atoms with E-state index in [0.717, 1.165) is 44.9 Å². The van der Waals surface area contributed by atoms with Crippen LogP contribution in [0.2, 0.25) is 0 Å². The fourth-order valence-electron chi connectivity index (χ4n) is 10.7. The Morgan fingerprint density at radius 3 is 1.01 bits per heavy atom. The molecule has 2 atom stereocenters. The van der Waals surface area contributed by atoms with Crippen molar-refractivity contribution in [1.82, 2.24) is 5.32 Å². The lowest BCUT2D eigenvalue weighted by Gasteiger charge is -2.22. The Kier molecular flexibility index (Phi) is 61.9. The molecule has 434 valence electrons. The minimum Gasteiger partial charge on any atom is -0.466 e. The molecule has 2 unspecified atom stereocenters. The van der Waals surface area contributed by atoms with Crippen molar-refractivity contribution < 1.29 is 24.5 Å². The normalized spacial score (nSPS) is 12.5. The number of amides is 1. The summed E-state index contributed by atoms with van der Waals surface area (Å²) in [6.07, 6.45) is 77.0. The van der Waals surface area contributed by atoms with Crippen LogP contribution >= 0.6 is 0 Å². The molecule has 0 aliphatic heterocycles. The summed E-state index contributed by atoms with van der Waals surface area (Å²) in [5, 5.41) is 23.2. The molecule has 0 rings (SSSR count). The zero-order valence-electron chi connectivity index (χ0n) is 49.6. The summed E-state index contributed by atoms with van der Waals surface area (Å²) < 4.78 is 5.47. The van der Waals surface area contributed by atoms with Gasteiger partial charge in [0.25, 0.3) is 0 Å². The number of aliphatic hydroxyl groups excluding tert-OH is 2. The van der Waals surface area contributed by atoms with E-state index in [-0.39, 0.29) is 18.5 Å². The quantitative estimate of drug-likeness (QED) is 0.0320. The fraction of sp³-hybridized carbons (Fsp3) is 0.940. The molecular formula is C67H131NO5. The highest BCUT2D eigenvalue weighted by molar-refractivity contribution is 5.76. The van der Waals surface area contributed by atoms with Crippen LogP contribution in [-0.2, 0) is 14.3 Å². The summed E-state index contributed by atoms with van der Waals surface area (Å²) >= 11 is 0. The third-order valence-electron chi connectivity index (χ3n) is 15.8. The van der Waals surface area contributed by atoms with Gasteiger partial charge in [-0.3, -0.25) is 9.59 Å². The van der Waals surface area contributed by atoms with E-state index in [1.54, 1.807) is 0 Å². The van der Waals surface area contributed by atoms with E-state index in [1.807, 2.05) is 0 Å². The molecule has 0 aromatic heterocycles. The number of allylic oxidation sites excluding steroid dienone is 2. The van der Waals surface area contributed by atoms with Crippen molar-refractivity contribution in [2.45, 2.75) is 392 Å². The molecule has 0 saturated carbocycles. The van der Waals surface area contributed by atoms with Crippen molar-refractivity contribution >= 4 is 11.9 Å². The summed E-state index contributed by atoms with van der Waals surface area (Å²) in [7, 11) is 0. The first-order valence-corrected chi connectivity index (χ1v) is 33.4. The Labute approximate surface area is 457 Å². The monoisotopic (exact) mass is 1030 g/mol. The van der Waals surface area contributed by atoms with Gasteiger partial charge in [0.05, 0.1) is 25.4 Å². The number of esters is 1. The lowest BCUT2D eigenvalue weighted by atomic mass is 10.0. The van der Waals surface area contributed by atoms with Gasteiger partial charge in [-0.2, -0.15) is 0 Å². The summed E-state index contributed by atoms with van der Waals surface area (Å²) in [6.45, 7) is 4.93. The van der Waals surface area contributed by atoms with Gasteiger partial charge >= 0.3 is 5.97 Å². The molecule has 6 nitrogen and oxygen atoms in total. The maximum absolute atomic E-state index is 12.4. The molecule has 6 heteroatoms. The summed E-state index contributed by atoms with van der Waals surface area (Å²) in [6, 6.07) is -0.534. The number of nitrogens with one attached hydrogen (secondary N) is 1. The second-order valence-electron chi connectivity index (χ2n) is 23.2. The first kappa shape index (κ1) is 71.6. The second-order valence-corrected chi connectivity index (χ2v) is 23.2. The Morgan fingerprint density at radius 1 is 0.370 bits per heavy atom. The van der Waals surface area contributed by atoms with Crippen molar-refractivity contribution in [3.63, 3.8) is 0 Å². The average molecular weight is 1030 g/mol. The lowest BCUT2D eigenvalue weighted by Crippen LogP contribution is -2.45. The fourth-order valence-corrected chi connectivity index (χ4v) is 10.7. The first-order valence-electron chi connectivity index (χ1n) is 33.4. The first-order chi connectivity index (χ1) is 36.0. The molecule has 0 saturated heterocycles. The summed E-state index contributed by atoms with van der Waals surface area (Å²) in [5.41, 5.74) is 0. The molecule has 0 radical (unpaired) electrons. The Morgan fingerprint density at radius 2 is 0.658 bits per heavy atom. The topological polar surface area (TPSA) is 95.9 Å².